The molecule has 0 N–H and O–H groups in total. The van der Waals surface area contributed by atoms with Gasteiger partial charge in [0.25, 0.3) is 0 Å². The Labute approximate surface area is 157 Å². The summed E-state index contributed by atoms with van der Waals surface area (Å²) < 4.78 is 0. The Morgan fingerprint density at radius 2 is 1.54 bits per heavy atom. The van der Waals surface area contributed by atoms with Crippen molar-refractivity contribution in [2.24, 2.45) is 0 Å². The Balaban J connectivity index is 2.02. The van der Waals surface area contributed by atoms with Crippen molar-refractivity contribution in [3.05, 3.63) is 103 Å². The lowest BCUT2D eigenvalue weighted by Gasteiger charge is -2.42. The van der Waals surface area contributed by atoms with E-state index in [1.165, 1.54) is 5.56 Å². The maximum atomic E-state index is 4.36. The number of nitrogens with zero attached hydrogens (tertiary/aromatic N) is 2. The number of rotatable bonds is 5. The molecule has 132 valence electrons. The van der Waals surface area contributed by atoms with Crippen molar-refractivity contribution in [1.29, 1.82) is 0 Å². The lowest BCUT2D eigenvalue weighted by atomic mass is 10.0. The van der Waals surface area contributed by atoms with Crippen LogP contribution >= 0.6 is 0 Å². The van der Waals surface area contributed by atoms with Crippen LogP contribution in [0.4, 0.5) is 11.4 Å². The van der Waals surface area contributed by atoms with Gasteiger partial charge in [0, 0.05) is 23.5 Å². The summed E-state index contributed by atoms with van der Waals surface area (Å²) in [6.45, 7) is 21.6. The van der Waals surface area contributed by atoms with Gasteiger partial charge in [0.2, 0.25) is 0 Å². The molecule has 2 aromatic rings. The Morgan fingerprint density at radius 1 is 0.885 bits per heavy atom. The minimum absolute atomic E-state index is 0.730. The van der Waals surface area contributed by atoms with Gasteiger partial charge in [-0.3, -0.25) is 4.90 Å². The summed E-state index contributed by atoms with van der Waals surface area (Å²) in [6, 6.07) is 16.9. The number of hydrogen-bond acceptors (Lipinski definition) is 2. The molecule has 2 aromatic carbocycles. The topological polar surface area (TPSA) is 6.48 Å². The van der Waals surface area contributed by atoms with Gasteiger partial charge in [0.15, 0.2) is 0 Å². The maximum Gasteiger partial charge on any atom is 0.110 e. The van der Waals surface area contributed by atoms with Crippen LogP contribution in [0, 0.1) is 0 Å². The third-order valence-electron chi connectivity index (χ3n) is 4.47. The third-order valence-corrected chi connectivity index (χ3v) is 4.47. The van der Waals surface area contributed by atoms with E-state index in [1.807, 2.05) is 19.1 Å². The predicted molar refractivity (Wildman–Crippen MR) is 114 cm³/mol. The van der Waals surface area contributed by atoms with E-state index in [-0.39, 0.29) is 0 Å². The van der Waals surface area contributed by atoms with Crippen LogP contribution < -0.4 is 9.80 Å². The van der Waals surface area contributed by atoms with Crippen molar-refractivity contribution < 1.29 is 0 Å². The molecule has 0 aromatic heterocycles. The van der Waals surface area contributed by atoms with Crippen molar-refractivity contribution in [1.82, 2.24) is 0 Å². The number of fused-ring (bicyclic) bond motifs is 1. The molecule has 3 rings (SSSR count). The summed E-state index contributed by atoms with van der Waals surface area (Å²) in [6.07, 6.45) is 0.896. The van der Waals surface area contributed by atoms with Crippen LogP contribution in [0.3, 0.4) is 0 Å². The molecule has 0 bridgehead atoms. The number of allylic oxidation sites excluding steroid dienone is 1. The number of para-hydroxylation sites is 1. The highest BCUT2D eigenvalue weighted by molar-refractivity contribution is 5.92. The van der Waals surface area contributed by atoms with Crippen molar-refractivity contribution >= 4 is 17.1 Å². The first-order chi connectivity index (χ1) is 12.4. The van der Waals surface area contributed by atoms with Crippen molar-refractivity contribution in [2.45, 2.75) is 20.3 Å². The normalized spacial score (nSPS) is 13.6. The van der Waals surface area contributed by atoms with E-state index < -0.39 is 0 Å². The second kappa shape index (κ2) is 7.09. The largest absolute Gasteiger partial charge is 0.323 e. The van der Waals surface area contributed by atoms with Crippen LogP contribution in [0.2, 0.25) is 0 Å². The van der Waals surface area contributed by atoms with Gasteiger partial charge in [-0.05, 0) is 44.0 Å². The van der Waals surface area contributed by atoms with Crippen LogP contribution in [0.15, 0.2) is 91.8 Å². The fraction of sp³-hybridized carbons (Fsp3) is 0.167. The van der Waals surface area contributed by atoms with Gasteiger partial charge in [-0.25, -0.2) is 0 Å². The molecule has 0 amide bonds. The van der Waals surface area contributed by atoms with E-state index in [0.29, 0.717) is 0 Å². The highest BCUT2D eigenvalue weighted by Crippen LogP contribution is 2.41. The van der Waals surface area contributed by atoms with Gasteiger partial charge in [0.1, 0.15) is 5.82 Å². The second-order valence-corrected chi connectivity index (χ2v) is 7.06. The monoisotopic (exact) mass is 342 g/mol. The molecule has 1 aliphatic heterocycles. The Kier molecular flexibility index (Phi) is 4.85. The Bertz CT molecular complexity index is 887. The molecule has 0 spiro atoms. The molecule has 1 aliphatic rings. The van der Waals surface area contributed by atoms with Crippen molar-refractivity contribution in [2.75, 3.05) is 16.3 Å². The zero-order chi connectivity index (χ0) is 18.8. The van der Waals surface area contributed by atoms with E-state index in [0.717, 1.165) is 52.6 Å². The van der Waals surface area contributed by atoms with Gasteiger partial charge >= 0.3 is 0 Å². The zero-order valence-electron chi connectivity index (χ0n) is 15.8. The predicted octanol–water partition coefficient (Wildman–Crippen LogP) is 6.15. The molecule has 26 heavy (non-hydrogen) atoms. The van der Waals surface area contributed by atoms with E-state index in [4.69, 9.17) is 0 Å². The van der Waals surface area contributed by atoms with E-state index in [9.17, 15) is 0 Å². The Hall–Kier alpha value is -3.00. The molecule has 0 radical (unpaired) electrons. The van der Waals surface area contributed by atoms with Crippen LogP contribution in [0.25, 0.3) is 5.70 Å². The standard InChI is InChI=1S/C24H26N2/c1-17(2)15-21-11-13-22(14-12-21)26-19(5)23-9-7-8-10-24(23)25(20(26)6)16-18(3)4/h7-14H,1,3,5-6,15-16H2,2,4H3. The first-order valence-electron chi connectivity index (χ1n) is 8.81. The van der Waals surface area contributed by atoms with Gasteiger partial charge in [-0.1, -0.05) is 67.8 Å². The van der Waals surface area contributed by atoms with Crippen molar-refractivity contribution in [3.8, 4) is 0 Å². The lowest BCUT2D eigenvalue weighted by Crippen LogP contribution is -2.39. The summed E-state index contributed by atoms with van der Waals surface area (Å²) in [4.78, 5) is 4.32. The lowest BCUT2D eigenvalue weighted by molar-refractivity contribution is 0.915. The minimum Gasteiger partial charge on any atom is -0.323 e. The van der Waals surface area contributed by atoms with E-state index in [1.54, 1.807) is 0 Å². The number of hydrogen-bond donors (Lipinski definition) is 0. The third kappa shape index (κ3) is 3.36. The van der Waals surface area contributed by atoms with E-state index in [2.05, 4.69) is 79.4 Å². The summed E-state index contributed by atoms with van der Waals surface area (Å²) in [5.41, 5.74) is 7.75. The van der Waals surface area contributed by atoms with Crippen molar-refractivity contribution in [3.63, 3.8) is 0 Å². The molecular formula is C24H26N2. The highest BCUT2D eigenvalue weighted by Gasteiger charge is 2.29. The van der Waals surface area contributed by atoms with Gasteiger partial charge in [-0.2, -0.15) is 0 Å². The average Bonchev–Trinajstić information content (AvgIpc) is 2.59. The first-order valence-corrected chi connectivity index (χ1v) is 8.81. The number of anilines is 2. The van der Waals surface area contributed by atoms with Gasteiger partial charge in [-0.15, -0.1) is 0 Å². The summed E-state index contributed by atoms with van der Waals surface area (Å²) in [5.74, 6) is 0.893. The summed E-state index contributed by atoms with van der Waals surface area (Å²) in [5, 5.41) is 0. The van der Waals surface area contributed by atoms with Crippen LogP contribution in [-0.4, -0.2) is 6.54 Å². The first kappa shape index (κ1) is 17.8. The molecule has 0 atom stereocenters. The van der Waals surface area contributed by atoms with Crippen LogP contribution in [0.5, 0.6) is 0 Å². The second-order valence-electron chi connectivity index (χ2n) is 7.06. The highest BCUT2D eigenvalue weighted by atomic mass is 15.4. The summed E-state index contributed by atoms with van der Waals surface area (Å²) >= 11 is 0. The molecule has 1 heterocycles. The fourth-order valence-electron chi connectivity index (χ4n) is 3.35. The van der Waals surface area contributed by atoms with Gasteiger partial charge < -0.3 is 4.90 Å². The molecular weight excluding hydrogens is 316 g/mol. The molecule has 0 saturated carbocycles. The van der Waals surface area contributed by atoms with Gasteiger partial charge in [0.05, 0.1) is 5.69 Å². The van der Waals surface area contributed by atoms with E-state index >= 15 is 0 Å². The molecule has 0 fully saturated rings. The quantitative estimate of drug-likeness (QED) is 0.601. The molecule has 0 aliphatic carbocycles. The minimum atomic E-state index is 0.730. The SMILES string of the molecule is C=C(C)Cc1ccc(N2C(=C)c3ccccc3N(CC(=C)C)C2=C)cc1. The molecule has 2 heteroatoms. The average molecular weight is 342 g/mol. The molecule has 2 nitrogen and oxygen atoms in total. The fourth-order valence-corrected chi connectivity index (χ4v) is 3.35. The Morgan fingerprint density at radius 3 is 2.15 bits per heavy atom. The smallest absolute Gasteiger partial charge is 0.110 e. The molecule has 0 unspecified atom stereocenters. The summed E-state index contributed by atoms with van der Waals surface area (Å²) in [7, 11) is 0. The number of benzene rings is 2. The molecule has 0 saturated heterocycles. The maximum absolute atomic E-state index is 4.36. The van der Waals surface area contributed by atoms with Crippen LogP contribution in [0.1, 0.15) is 25.0 Å². The van der Waals surface area contributed by atoms with Crippen LogP contribution in [-0.2, 0) is 6.42 Å². The zero-order valence-corrected chi connectivity index (χ0v) is 15.8.